The number of aromatic nitrogens is 4. The molecule has 0 aliphatic carbocycles. The molecule has 0 aliphatic heterocycles. The highest BCUT2D eigenvalue weighted by Gasteiger charge is 2.20. The molecule has 4 nitrogen and oxygen atoms in total. The lowest BCUT2D eigenvalue weighted by Crippen LogP contribution is -2.02. The highest BCUT2D eigenvalue weighted by molar-refractivity contribution is 9.10. The van der Waals surface area contributed by atoms with Crippen molar-refractivity contribution in [1.82, 2.24) is 19.3 Å². The summed E-state index contributed by atoms with van der Waals surface area (Å²) in [5.74, 6) is 0.323. The van der Waals surface area contributed by atoms with E-state index in [-0.39, 0.29) is 11.2 Å². The third-order valence-corrected chi connectivity index (χ3v) is 4.11. The minimum absolute atomic E-state index is 0.307. The maximum Gasteiger partial charge on any atom is 0.139 e. The third-order valence-electron chi connectivity index (χ3n) is 3.31. The topological polar surface area (TPSA) is 35.6 Å². The van der Waals surface area contributed by atoms with Crippen LogP contribution in [0, 0.1) is 12.7 Å². The predicted molar refractivity (Wildman–Crippen MR) is 84.5 cm³/mol. The van der Waals surface area contributed by atoms with Gasteiger partial charge in [-0.25, -0.2) is 9.37 Å². The molecule has 0 radical (unpaired) electrons. The highest BCUT2D eigenvalue weighted by atomic mass is 79.9. The lowest BCUT2D eigenvalue weighted by molar-refractivity contribution is 0.623. The minimum Gasteiger partial charge on any atom is -0.292 e. The van der Waals surface area contributed by atoms with Crippen molar-refractivity contribution >= 4 is 38.6 Å². The van der Waals surface area contributed by atoms with Crippen molar-refractivity contribution in [3.8, 4) is 5.69 Å². The van der Waals surface area contributed by atoms with Crippen LogP contribution in [-0.4, -0.2) is 19.3 Å². The second kappa shape index (κ2) is 5.10. The van der Waals surface area contributed by atoms with Crippen LogP contribution in [0.25, 0.3) is 16.7 Å². The minimum atomic E-state index is -0.344. The van der Waals surface area contributed by atoms with Gasteiger partial charge in [-0.15, -0.1) is 11.6 Å². The predicted octanol–water partition coefficient (Wildman–Crippen LogP) is 4.27. The van der Waals surface area contributed by atoms with Crippen molar-refractivity contribution in [3.63, 3.8) is 0 Å². The second-order valence-corrected chi connectivity index (χ2v) is 6.46. The fourth-order valence-corrected chi connectivity index (χ4v) is 2.90. The summed E-state index contributed by atoms with van der Waals surface area (Å²) in [5, 5.41) is 4.05. The Labute approximate surface area is 134 Å². The molecule has 0 fully saturated rings. The van der Waals surface area contributed by atoms with Crippen molar-refractivity contribution in [2.45, 2.75) is 19.2 Å². The summed E-state index contributed by atoms with van der Waals surface area (Å²) in [6, 6.07) is 3.12. The number of rotatable bonds is 2. The molecule has 1 aromatic carbocycles. The maximum atomic E-state index is 13.7. The summed E-state index contributed by atoms with van der Waals surface area (Å²) >= 11 is 9.48. The number of hydrogen-bond donors (Lipinski definition) is 0. The molecule has 110 valence electrons. The Morgan fingerprint density at radius 1 is 1.38 bits per heavy atom. The van der Waals surface area contributed by atoms with Gasteiger partial charge in [0.05, 0.1) is 32.3 Å². The molecule has 0 saturated carbocycles. The summed E-state index contributed by atoms with van der Waals surface area (Å²) in [7, 11) is 1.86. The molecule has 3 aromatic rings. The monoisotopic (exact) mass is 370 g/mol. The van der Waals surface area contributed by atoms with Crippen molar-refractivity contribution in [1.29, 1.82) is 0 Å². The molecule has 0 N–H and O–H groups in total. The van der Waals surface area contributed by atoms with Gasteiger partial charge in [0.15, 0.2) is 0 Å². The van der Waals surface area contributed by atoms with Crippen molar-refractivity contribution in [2.24, 2.45) is 7.05 Å². The molecule has 1 unspecified atom stereocenters. The third kappa shape index (κ3) is 2.36. The normalized spacial score (nSPS) is 13.0. The number of aryl methyl sites for hydroxylation is 2. The van der Waals surface area contributed by atoms with E-state index in [1.807, 2.05) is 31.7 Å². The van der Waals surface area contributed by atoms with E-state index >= 15 is 0 Å². The van der Waals surface area contributed by atoms with E-state index in [1.54, 1.807) is 10.7 Å². The molecule has 7 heteroatoms. The van der Waals surface area contributed by atoms with Crippen LogP contribution in [0.5, 0.6) is 0 Å². The first kappa shape index (κ1) is 14.5. The molecular weight excluding hydrogens is 359 g/mol. The Kier molecular flexibility index (Phi) is 3.53. The van der Waals surface area contributed by atoms with Crippen molar-refractivity contribution < 1.29 is 4.39 Å². The van der Waals surface area contributed by atoms with E-state index in [0.717, 1.165) is 16.9 Å². The van der Waals surface area contributed by atoms with Gasteiger partial charge in [0.2, 0.25) is 0 Å². The summed E-state index contributed by atoms with van der Waals surface area (Å²) in [6.07, 6.45) is 1.90. The zero-order valence-electron chi connectivity index (χ0n) is 11.7. The van der Waals surface area contributed by atoms with E-state index in [4.69, 9.17) is 11.6 Å². The number of halogens is 3. The van der Waals surface area contributed by atoms with Gasteiger partial charge in [-0.3, -0.25) is 9.25 Å². The van der Waals surface area contributed by atoms with Gasteiger partial charge in [-0.2, -0.15) is 5.10 Å². The molecule has 1 atom stereocenters. The average Bonchev–Trinajstić information content (AvgIpc) is 2.90. The summed E-state index contributed by atoms with van der Waals surface area (Å²) in [6.45, 7) is 3.76. The Balaban J connectivity index is 2.40. The lowest BCUT2D eigenvalue weighted by atomic mass is 10.3. The van der Waals surface area contributed by atoms with Gasteiger partial charge in [-0.1, -0.05) is 0 Å². The smallest absolute Gasteiger partial charge is 0.139 e. The van der Waals surface area contributed by atoms with Gasteiger partial charge in [0, 0.05) is 19.3 Å². The average molecular weight is 372 g/mol. The van der Waals surface area contributed by atoms with Crippen LogP contribution in [0.4, 0.5) is 4.39 Å². The Morgan fingerprint density at radius 3 is 2.67 bits per heavy atom. The number of imidazole rings is 1. The first-order chi connectivity index (χ1) is 9.88. The van der Waals surface area contributed by atoms with Crippen LogP contribution in [0.3, 0.4) is 0 Å². The SMILES string of the molecule is Cc1nn(C)cc1-n1c(C(C)Cl)nc2cc(F)c(Br)cc21. The highest BCUT2D eigenvalue weighted by Crippen LogP contribution is 2.31. The van der Waals surface area contributed by atoms with Crippen LogP contribution in [-0.2, 0) is 7.05 Å². The van der Waals surface area contributed by atoms with Gasteiger partial charge < -0.3 is 0 Å². The summed E-state index contributed by atoms with van der Waals surface area (Å²) in [4.78, 5) is 4.47. The van der Waals surface area contributed by atoms with Crippen LogP contribution in [0.2, 0.25) is 0 Å². The Morgan fingerprint density at radius 2 is 2.10 bits per heavy atom. The Hall–Kier alpha value is -1.40. The molecule has 0 bridgehead atoms. The van der Waals surface area contributed by atoms with Crippen molar-refractivity contribution in [3.05, 3.63) is 40.1 Å². The molecular formula is C14H13BrClFN4. The van der Waals surface area contributed by atoms with E-state index in [0.29, 0.717) is 15.8 Å². The maximum absolute atomic E-state index is 13.7. The van der Waals surface area contributed by atoms with Gasteiger partial charge >= 0.3 is 0 Å². The van der Waals surface area contributed by atoms with E-state index in [2.05, 4.69) is 26.0 Å². The molecule has 0 aliphatic rings. The van der Waals surface area contributed by atoms with Gasteiger partial charge in [-0.05, 0) is 35.8 Å². The quantitative estimate of drug-likeness (QED) is 0.631. The molecule has 0 spiro atoms. The van der Waals surface area contributed by atoms with E-state index < -0.39 is 0 Å². The number of nitrogens with zero attached hydrogens (tertiary/aromatic N) is 4. The molecule has 2 aromatic heterocycles. The molecule has 0 amide bonds. The number of hydrogen-bond acceptors (Lipinski definition) is 2. The second-order valence-electron chi connectivity index (χ2n) is 4.95. The molecule has 0 saturated heterocycles. The number of benzene rings is 1. The molecule has 21 heavy (non-hydrogen) atoms. The first-order valence-electron chi connectivity index (χ1n) is 6.40. The van der Waals surface area contributed by atoms with Crippen LogP contribution >= 0.6 is 27.5 Å². The zero-order valence-corrected chi connectivity index (χ0v) is 14.1. The molecule has 2 heterocycles. The van der Waals surface area contributed by atoms with Crippen LogP contribution in [0.1, 0.15) is 23.8 Å². The van der Waals surface area contributed by atoms with E-state index in [1.165, 1.54) is 6.07 Å². The molecule has 3 rings (SSSR count). The van der Waals surface area contributed by atoms with Gasteiger partial charge in [0.25, 0.3) is 0 Å². The fourth-order valence-electron chi connectivity index (χ4n) is 2.42. The Bertz CT molecular complexity index is 837. The van der Waals surface area contributed by atoms with E-state index in [9.17, 15) is 4.39 Å². The fraction of sp³-hybridized carbons (Fsp3) is 0.286. The standard InChI is InChI=1S/C14H13BrClFN4/c1-7(16)14-18-11-5-10(17)9(15)4-12(11)21(14)13-6-20(3)19-8(13)2/h4-7H,1-3H3. The largest absolute Gasteiger partial charge is 0.292 e. The first-order valence-corrected chi connectivity index (χ1v) is 7.63. The van der Waals surface area contributed by atoms with Crippen LogP contribution in [0.15, 0.2) is 22.8 Å². The summed E-state index contributed by atoms with van der Waals surface area (Å²) < 4.78 is 17.8. The lowest BCUT2D eigenvalue weighted by Gasteiger charge is -2.09. The van der Waals surface area contributed by atoms with Gasteiger partial charge in [0.1, 0.15) is 11.6 Å². The van der Waals surface area contributed by atoms with Crippen molar-refractivity contribution in [2.75, 3.05) is 0 Å². The summed E-state index contributed by atoms with van der Waals surface area (Å²) in [5.41, 5.74) is 3.11. The number of fused-ring (bicyclic) bond motifs is 1. The van der Waals surface area contributed by atoms with Crippen LogP contribution < -0.4 is 0 Å². The zero-order chi connectivity index (χ0) is 15.3. The number of alkyl halides is 1.